The van der Waals surface area contributed by atoms with Gasteiger partial charge in [-0.3, -0.25) is 9.59 Å². The zero-order valence-corrected chi connectivity index (χ0v) is 17.2. The zero-order chi connectivity index (χ0) is 19.9. The Bertz CT molecular complexity index is 815. The third kappa shape index (κ3) is 5.29. The van der Waals surface area contributed by atoms with E-state index in [1.807, 2.05) is 17.0 Å². The number of hydrogen-bond donors (Lipinski definition) is 0. The predicted octanol–water partition coefficient (Wildman–Crippen LogP) is 3.22. The molecule has 0 unspecified atom stereocenters. The van der Waals surface area contributed by atoms with Crippen molar-refractivity contribution in [2.45, 2.75) is 12.7 Å². The van der Waals surface area contributed by atoms with Crippen molar-refractivity contribution in [3.05, 3.63) is 65.2 Å². The molecule has 1 aliphatic rings. The van der Waals surface area contributed by atoms with Crippen LogP contribution in [-0.2, 0) is 10.5 Å². The Labute approximate surface area is 170 Å². The van der Waals surface area contributed by atoms with Crippen molar-refractivity contribution in [3.63, 3.8) is 0 Å². The van der Waals surface area contributed by atoms with Gasteiger partial charge in [-0.05, 0) is 30.7 Å². The molecule has 1 saturated heterocycles. The van der Waals surface area contributed by atoms with E-state index in [0.717, 1.165) is 5.75 Å². The Morgan fingerprint density at radius 3 is 2.36 bits per heavy atom. The summed E-state index contributed by atoms with van der Waals surface area (Å²) in [5.41, 5.74) is 3.09. The fourth-order valence-electron chi connectivity index (χ4n) is 3.13. The molecule has 5 nitrogen and oxygen atoms in total. The number of hydrogen-bond acceptors (Lipinski definition) is 4. The van der Waals surface area contributed by atoms with Crippen LogP contribution in [0.5, 0.6) is 5.75 Å². The summed E-state index contributed by atoms with van der Waals surface area (Å²) < 4.78 is 5.19. The molecule has 0 spiro atoms. The van der Waals surface area contributed by atoms with E-state index in [1.54, 1.807) is 35.9 Å². The number of aryl methyl sites for hydroxylation is 1. The largest absolute Gasteiger partial charge is 0.497 e. The zero-order valence-electron chi connectivity index (χ0n) is 16.4. The van der Waals surface area contributed by atoms with Gasteiger partial charge >= 0.3 is 0 Å². The molecule has 3 rings (SSSR count). The molecule has 28 heavy (non-hydrogen) atoms. The highest BCUT2D eigenvalue weighted by Gasteiger charge is 2.24. The second kappa shape index (κ2) is 9.64. The molecule has 0 bridgehead atoms. The summed E-state index contributed by atoms with van der Waals surface area (Å²) >= 11 is 1.64. The van der Waals surface area contributed by atoms with Gasteiger partial charge in [-0.25, -0.2) is 0 Å². The molecule has 2 aromatic carbocycles. The van der Waals surface area contributed by atoms with Gasteiger partial charge in [0.2, 0.25) is 5.91 Å². The van der Waals surface area contributed by atoms with E-state index in [9.17, 15) is 9.59 Å². The average Bonchev–Trinajstić information content (AvgIpc) is 2.74. The maximum atomic E-state index is 12.7. The first-order chi connectivity index (χ1) is 13.6. The van der Waals surface area contributed by atoms with Crippen molar-refractivity contribution >= 4 is 23.6 Å². The van der Waals surface area contributed by atoms with Gasteiger partial charge in [-0.15, -0.1) is 11.8 Å². The van der Waals surface area contributed by atoms with Crippen molar-refractivity contribution in [2.75, 3.05) is 39.0 Å². The molecule has 0 N–H and O–H groups in total. The lowest BCUT2D eigenvalue weighted by atomic mass is 10.1. The van der Waals surface area contributed by atoms with Gasteiger partial charge < -0.3 is 14.5 Å². The van der Waals surface area contributed by atoms with Crippen LogP contribution >= 0.6 is 11.8 Å². The molecule has 2 aromatic rings. The van der Waals surface area contributed by atoms with Crippen molar-refractivity contribution < 1.29 is 14.3 Å². The molecule has 1 heterocycles. The van der Waals surface area contributed by atoms with Crippen LogP contribution in [-0.4, -0.2) is 60.7 Å². The molecule has 2 amide bonds. The second-order valence-corrected chi connectivity index (χ2v) is 7.87. The van der Waals surface area contributed by atoms with Crippen LogP contribution in [0.1, 0.15) is 21.5 Å². The first kappa shape index (κ1) is 20.3. The first-order valence-electron chi connectivity index (χ1n) is 9.41. The summed E-state index contributed by atoms with van der Waals surface area (Å²) in [6, 6.07) is 15.6. The molecule has 1 fully saturated rings. The first-order valence-corrected chi connectivity index (χ1v) is 10.6. The van der Waals surface area contributed by atoms with Crippen molar-refractivity contribution in [1.29, 1.82) is 0 Å². The molecule has 0 radical (unpaired) electrons. The molecular formula is C22H26N2O3S. The summed E-state index contributed by atoms with van der Waals surface area (Å²) in [6.07, 6.45) is 0. The Kier molecular flexibility index (Phi) is 6.98. The van der Waals surface area contributed by atoms with E-state index < -0.39 is 0 Å². The van der Waals surface area contributed by atoms with Gasteiger partial charge in [0.25, 0.3) is 5.91 Å². The minimum absolute atomic E-state index is 0.0141. The Morgan fingerprint density at radius 2 is 1.68 bits per heavy atom. The fourth-order valence-corrected chi connectivity index (χ4v) is 4.02. The minimum atomic E-state index is -0.0141. The van der Waals surface area contributed by atoms with E-state index in [1.165, 1.54) is 11.1 Å². The molecule has 0 saturated carbocycles. The van der Waals surface area contributed by atoms with E-state index in [2.05, 4.69) is 31.2 Å². The minimum Gasteiger partial charge on any atom is -0.497 e. The van der Waals surface area contributed by atoms with Gasteiger partial charge in [-0.2, -0.15) is 0 Å². The normalized spacial score (nSPS) is 14.1. The number of thioether (sulfide) groups is 1. The third-order valence-electron chi connectivity index (χ3n) is 4.85. The fraction of sp³-hybridized carbons (Fsp3) is 0.364. The topological polar surface area (TPSA) is 49.9 Å². The average molecular weight is 399 g/mol. The maximum absolute atomic E-state index is 12.7. The molecule has 0 aromatic heterocycles. The number of carbonyl (C=O) groups is 2. The maximum Gasteiger partial charge on any atom is 0.254 e. The Hall–Kier alpha value is -2.47. The van der Waals surface area contributed by atoms with E-state index in [0.29, 0.717) is 43.2 Å². The lowest BCUT2D eigenvalue weighted by Gasteiger charge is -2.34. The van der Waals surface area contributed by atoms with Crippen molar-refractivity contribution in [3.8, 4) is 5.75 Å². The summed E-state index contributed by atoms with van der Waals surface area (Å²) in [5, 5.41) is 0. The lowest BCUT2D eigenvalue weighted by molar-refractivity contribution is -0.129. The van der Waals surface area contributed by atoms with Crippen LogP contribution in [0.25, 0.3) is 0 Å². The van der Waals surface area contributed by atoms with Crippen molar-refractivity contribution in [2.24, 2.45) is 0 Å². The molecule has 0 aliphatic carbocycles. The van der Waals surface area contributed by atoms with Crippen LogP contribution < -0.4 is 4.74 Å². The third-order valence-corrected chi connectivity index (χ3v) is 5.84. The standard InChI is InChI=1S/C22H26N2O3S/c1-17-6-8-18(9-7-17)15-28-16-21(25)23-10-12-24(13-11-23)22(26)19-4-3-5-20(14-19)27-2/h3-9,14H,10-13,15-16H2,1-2H3. The quantitative estimate of drug-likeness (QED) is 0.750. The van der Waals surface area contributed by atoms with E-state index in [4.69, 9.17) is 4.74 Å². The van der Waals surface area contributed by atoms with Crippen LogP contribution in [0.2, 0.25) is 0 Å². The van der Waals surface area contributed by atoms with E-state index in [-0.39, 0.29) is 11.8 Å². The molecule has 6 heteroatoms. The Balaban J connectivity index is 1.44. The number of nitrogens with zero attached hydrogens (tertiary/aromatic N) is 2. The summed E-state index contributed by atoms with van der Waals surface area (Å²) in [6.45, 7) is 4.35. The number of rotatable bonds is 6. The van der Waals surface area contributed by atoms with Gasteiger partial charge in [-0.1, -0.05) is 35.9 Å². The van der Waals surface area contributed by atoms with Gasteiger partial charge in [0.15, 0.2) is 0 Å². The van der Waals surface area contributed by atoms with Gasteiger partial charge in [0, 0.05) is 37.5 Å². The number of carbonyl (C=O) groups excluding carboxylic acids is 2. The SMILES string of the molecule is COc1cccc(C(=O)N2CCN(C(=O)CSCc3ccc(C)cc3)CC2)c1. The molecule has 148 valence electrons. The summed E-state index contributed by atoms with van der Waals surface area (Å²) in [4.78, 5) is 28.8. The monoisotopic (exact) mass is 398 g/mol. The predicted molar refractivity (Wildman–Crippen MR) is 113 cm³/mol. The van der Waals surface area contributed by atoms with Crippen molar-refractivity contribution in [1.82, 2.24) is 9.80 Å². The number of benzene rings is 2. The van der Waals surface area contributed by atoms with E-state index >= 15 is 0 Å². The summed E-state index contributed by atoms with van der Waals surface area (Å²) in [5.74, 6) is 2.11. The highest BCUT2D eigenvalue weighted by Crippen LogP contribution is 2.17. The highest BCUT2D eigenvalue weighted by atomic mass is 32.2. The highest BCUT2D eigenvalue weighted by molar-refractivity contribution is 7.99. The Morgan fingerprint density at radius 1 is 1.00 bits per heavy atom. The lowest BCUT2D eigenvalue weighted by Crippen LogP contribution is -2.51. The number of ether oxygens (including phenoxy) is 1. The molecular weight excluding hydrogens is 372 g/mol. The number of piperazine rings is 1. The molecule has 0 atom stereocenters. The van der Waals surface area contributed by atoms with Crippen LogP contribution in [0.3, 0.4) is 0 Å². The van der Waals surface area contributed by atoms with Crippen LogP contribution in [0.4, 0.5) is 0 Å². The van der Waals surface area contributed by atoms with Crippen LogP contribution in [0.15, 0.2) is 48.5 Å². The van der Waals surface area contributed by atoms with Gasteiger partial charge in [0.05, 0.1) is 12.9 Å². The van der Waals surface area contributed by atoms with Crippen LogP contribution in [0, 0.1) is 6.92 Å². The number of methoxy groups -OCH3 is 1. The second-order valence-electron chi connectivity index (χ2n) is 6.88. The van der Waals surface area contributed by atoms with Gasteiger partial charge in [0.1, 0.15) is 5.75 Å². The smallest absolute Gasteiger partial charge is 0.254 e. The summed E-state index contributed by atoms with van der Waals surface area (Å²) in [7, 11) is 1.59. The molecule has 1 aliphatic heterocycles. The number of amides is 2.